The van der Waals surface area contributed by atoms with Gasteiger partial charge in [-0.1, -0.05) is 0 Å². The maximum atomic E-state index is 6.25. The third kappa shape index (κ3) is 9.23. The van der Waals surface area contributed by atoms with Gasteiger partial charge in [-0.25, -0.2) is 0 Å². The third-order valence-corrected chi connectivity index (χ3v) is 0. The first kappa shape index (κ1) is 17.1. The van der Waals surface area contributed by atoms with Crippen LogP contribution in [0.4, 0.5) is 0 Å². The van der Waals surface area contributed by atoms with Crippen LogP contribution in [0.3, 0.4) is 0 Å². The summed E-state index contributed by atoms with van der Waals surface area (Å²) < 4.78 is 0. The van der Waals surface area contributed by atoms with E-state index in [0.717, 1.165) is 0 Å². The van der Waals surface area contributed by atoms with E-state index in [1.165, 1.54) is 0 Å². The molecule has 0 radical (unpaired) electrons. The molecule has 3 heteroatoms. The first-order chi connectivity index (χ1) is 1.00. The molecule has 0 aliphatic heterocycles. The fourth-order valence-electron chi connectivity index (χ4n) is 0. The Hall–Kier alpha value is 1.78. The molecule has 0 rings (SSSR count). The average molecular weight is 257 g/mol. The monoisotopic (exact) mass is 258 g/mol. The Kier molecular flexibility index (Phi) is 92.3. The zero-order valence-corrected chi connectivity index (χ0v) is 7.80. The Bertz CT molecular complexity index is 12.8. The zero-order valence-electron chi connectivity index (χ0n) is 2.28. The molecule has 0 spiro atoms. The predicted octanol–water partition coefficient (Wildman–Crippen LogP) is -2.90. The molecule has 0 amide bonds. The quantitative estimate of drug-likeness (QED) is 0.337. The summed E-state index contributed by atoms with van der Waals surface area (Å²) >= 11 is 0. The molecular formula is CIrKN+3. The average Bonchev–Trinajstić information content (AvgIpc) is 1.00. The van der Waals surface area contributed by atoms with E-state index >= 15 is 0 Å². The maximum absolute atomic E-state index is 6.25. The van der Waals surface area contributed by atoms with Crippen LogP contribution in [0.5, 0.6) is 0 Å². The summed E-state index contributed by atoms with van der Waals surface area (Å²) in [5, 5.41) is 6.25. The van der Waals surface area contributed by atoms with Gasteiger partial charge in [-0.2, -0.15) is 0 Å². The minimum absolute atomic E-state index is 0. The van der Waals surface area contributed by atoms with E-state index in [0.29, 0.717) is 0 Å². The van der Waals surface area contributed by atoms with Gasteiger partial charge in [0.25, 0.3) is 0 Å². The molecule has 0 aromatic rings. The van der Waals surface area contributed by atoms with Gasteiger partial charge < -0.3 is 11.8 Å². The van der Waals surface area contributed by atoms with E-state index in [2.05, 4.69) is 0 Å². The van der Waals surface area contributed by atoms with Gasteiger partial charge in [-0.3, -0.25) is 0 Å². The standard InChI is InChI=1S/CN.Ir.K/c1-2;;/q-1;+3;+1. The molecule has 0 aromatic carbocycles. The number of nitrogens with zero attached hydrogens (tertiary/aromatic N) is 1. The van der Waals surface area contributed by atoms with Gasteiger partial charge in [-0.05, 0) is 0 Å². The van der Waals surface area contributed by atoms with Gasteiger partial charge in [0.05, 0.1) is 0 Å². The second kappa shape index (κ2) is 21.6. The molecule has 1 nitrogen and oxygen atoms in total. The summed E-state index contributed by atoms with van der Waals surface area (Å²) in [5.41, 5.74) is 0. The van der Waals surface area contributed by atoms with Gasteiger partial charge in [0.15, 0.2) is 0 Å². The molecular weight excluding hydrogens is 257 g/mol. The van der Waals surface area contributed by atoms with Crippen molar-refractivity contribution in [3.8, 4) is 0 Å². The molecule has 0 aliphatic carbocycles. The molecule has 0 fully saturated rings. The Morgan fingerprint density at radius 3 is 1.25 bits per heavy atom. The molecule has 0 atom stereocenters. The number of hydrogen-bond acceptors (Lipinski definition) is 1. The summed E-state index contributed by atoms with van der Waals surface area (Å²) in [6.45, 7) is 4.75. The maximum Gasteiger partial charge on any atom is 3.00 e. The van der Waals surface area contributed by atoms with Crippen LogP contribution in [-0.4, -0.2) is 0 Å². The molecule has 0 N–H and O–H groups in total. The van der Waals surface area contributed by atoms with Crippen LogP contribution in [0.25, 0.3) is 0 Å². The Morgan fingerprint density at radius 1 is 1.25 bits per heavy atom. The number of rotatable bonds is 0. The number of hydrogen-bond donors (Lipinski definition) is 0. The summed E-state index contributed by atoms with van der Waals surface area (Å²) in [6.07, 6.45) is 0. The van der Waals surface area contributed by atoms with Crippen molar-refractivity contribution < 1.29 is 71.5 Å². The van der Waals surface area contributed by atoms with Gasteiger partial charge in [0, 0.05) is 0 Å². The van der Waals surface area contributed by atoms with E-state index in [1.807, 2.05) is 0 Å². The SMILES string of the molecule is [C-]#N.[Ir+3].[K+]. The fraction of sp³-hybridized carbons (Fsp3) is 0. The van der Waals surface area contributed by atoms with Crippen LogP contribution in [0, 0.1) is 11.8 Å². The van der Waals surface area contributed by atoms with E-state index in [9.17, 15) is 0 Å². The largest absolute Gasteiger partial charge is 3.00 e. The normalized spacial score (nSPS) is 0.500. The van der Waals surface area contributed by atoms with Crippen molar-refractivity contribution in [3.05, 3.63) is 6.57 Å². The van der Waals surface area contributed by atoms with Crippen LogP contribution in [0.2, 0.25) is 0 Å². The van der Waals surface area contributed by atoms with E-state index < -0.39 is 0 Å². The van der Waals surface area contributed by atoms with Gasteiger partial charge in [0.2, 0.25) is 0 Å². The minimum Gasteiger partial charge on any atom is -0.512 e. The Balaban J connectivity index is -0.00000000500. The van der Waals surface area contributed by atoms with Crippen molar-refractivity contribution in [1.29, 1.82) is 5.26 Å². The molecule has 0 aromatic heterocycles. The zero-order chi connectivity index (χ0) is 2.00. The van der Waals surface area contributed by atoms with Crippen molar-refractivity contribution >= 4 is 0 Å². The predicted molar refractivity (Wildman–Crippen MR) is 4.97 cm³/mol. The summed E-state index contributed by atoms with van der Waals surface area (Å²) in [4.78, 5) is 0. The molecule has 0 bridgehead atoms. The summed E-state index contributed by atoms with van der Waals surface area (Å²) in [6, 6.07) is 0. The van der Waals surface area contributed by atoms with Crippen LogP contribution < -0.4 is 51.4 Å². The van der Waals surface area contributed by atoms with Crippen molar-refractivity contribution in [1.82, 2.24) is 0 Å². The second-order valence-electron chi connectivity index (χ2n) is 0. The van der Waals surface area contributed by atoms with Crippen molar-refractivity contribution in [2.24, 2.45) is 0 Å². The molecule has 0 aliphatic rings. The molecule has 0 unspecified atom stereocenters. The topological polar surface area (TPSA) is 23.8 Å². The molecule has 4 heavy (non-hydrogen) atoms. The van der Waals surface area contributed by atoms with Gasteiger partial charge >= 0.3 is 71.5 Å². The first-order valence-electron chi connectivity index (χ1n) is 0.224. The molecule has 0 heterocycles. The fourth-order valence-corrected chi connectivity index (χ4v) is 0. The second-order valence-corrected chi connectivity index (χ2v) is 0. The summed E-state index contributed by atoms with van der Waals surface area (Å²) in [7, 11) is 0. The molecule has 0 saturated carbocycles. The van der Waals surface area contributed by atoms with E-state index in [-0.39, 0.29) is 71.5 Å². The van der Waals surface area contributed by atoms with Crippen LogP contribution >= 0.6 is 0 Å². The first-order valence-corrected chi connectivity index (χ1v) is 0.224. The van der Waals surface area contributed by atoms with Gasteiger partial charge in [0.1, 0.15) is 0 Å². The smallest absolute Gasteiger partial charge is 0.512 e. The van der Waals surface area contributed by atoms with Crippen molar-refractivity contribution in [3.63, 3.8) is 0 Å². The van der Waals surface area contributed by atoms with Gasteiger partial charge in [-0.15, -0.1) is 0 Å². The Labute approximate surface area is 81.5 Å². The van der Waals surface area contributed by atoms with Crippen LogP contribution in [0.15, 0.2) is 0 Å². The van der Waals surface area contributed by atoms with E-state index in [1.54, 1.807) is 0 Å². The third-order valence-electron chi connectivity index (χ3n) is 0. The van der Waals surface area contributed by atoms with Crippen molar-refractivity contribution in [2.45, 2.75) is 0 Å². The van der Waals surface area contributed by atoms with E-state index in [4.69, 9.17) is 11.8 Å². The Morgan fingerprint density at radius 2 is 1.25 bits per heavy atom. The van der Waals surface area contributed by atoms with Crippen LogP contribution in [0.1, 0.15) is 0 Å². The molecule has 0 saturated heterocycles. The van der Waals surface area contributed by atoms with Crippen LogP contribution in [-0.2, 0) is 20.1 Å². The minimum atomic E-state index is 0. The van der Waals surface area contributed by atoms with Crippen molar-refractivity contribution in [2.75, 3.05) is 0 Å². The summed E-state index contributed by atoms with van der Waals surface area (Å²) in [5.74, 6) is 0. The molecule has 16 valence electrons.